The number of hydrogen-bond acceptors (Lipinski definition) is 3. The van der Waals surface area contributed by atoms with Crippen LogP contribution >= 0.6 is 0 Å². The summed E-state index contributed by atoms with van der Waals surface area (Å²) in [5.41, 5.74) is 0.653. The second kappa shape index (κ2) is 6.71. The Bertz CT molecular complexity index is 721. The fraction of sp³-hybridized carbons (Fsp3) is 0.450. The second-order valence-corrected chi connectivity index (χ2v) is 7.47. The van der Waals surface area contributed by atoms with E-state index in [1.807, 2.05) is 25.7 Å². The number of ether oxygens (including phenoxy) is 1. The van der Waals surface area contributed by atoms with Gasteiger partial charge in [0.25, 0.3) is 0 Å². The number of fused-ring (bicyclic) bond motifs is 1. The molecule has 128 valence electrons. The molecule has 0 radical (unpaired) electrons. The van der Waals surface area contributed by atoms with E-state index in [1.165, 1.54) is 10.8 Å². The molecule has 1 amide bonds. The molecular weight excluding hydrogens is 300 g/mol. The van der Waals surface area contributed by atoms with Crippen molar-refractivity contribution in [3.8, 4) is 0 Å². The van der Waals surface area contributed by atoms with Gasteiger partial charge in [-0.3, -0.25) is 0 Å². The van der Waals surface area contributed by atoms with Gasteiger partial charge < -0.3 is 15.0 Å². The van der Waals surface area contributed by atoms with Crippen molar-refractivity contribution in [1.29, 1.82) is 0 Å². The molecule has 24 heavy (non-hydrogen) atoms. The van der Waals surface area contributed by atoms with Crippen LogP contribution in [0.1, 0.15) is 33.6 Å². The predicted molar refractivity (Wildman–Crippen MR) is 98.4 cm³/mol. The molecule has 1 unspecified atom stereocenters. The number of carbonyl (C=O) groups is 1. The normalized spacial score (nSPS) is 18.5. The summed E-state index contributed by atoms with van der Waals surface area (Å²) in [6.07, 6.45) is 1.84. The number of amides is 1. The average molecular weight is 326 g/mol. The zero-order valence-electron chi connectivity index (χ0n) is 14.7. The Labute approximate surface area is 143 Å². The topological polar surface area (TPSA) is 41.6 Å². The summed E-state index contributed by atoms with van der Waals surface area (Å²) < 4.78 is 5.49. The van der Waals surface area contributed by atoms with E-state index in [4.69, 9.17) is 4.74 Å². The van der Waals surface area contributed by atoms with Crippen LogP contribution in [0.4, 0.5) is 10.5 Å². The summed E-state index contributed by atoms with van der Waals surface area (Å²) in [7, 11) is 0. The average Bonchev–Trinajstić information content (AvgIpc) is 2.53. The molecule has 1 saturated heterocycles. The Kier molecular flexibility index (Phi) is 4.65. The minimum Gasteiger partial charge on any atom is -0.444 e. The molecule has 4 nitrogen and oxygen atoms in total. The van der Waals surface area contributed by atoms with Gasteiger partial charge in [0, 0.05) is 24.8 Å². The van der Waals surface area contributed by atoms with Crippen LogP contribution in [-0.4, -0.2) is 35.7 Å². The summed E-state index contributed by atoms with van der Waals surface area (Å²) in [5, 5.41) is 6.03. The van der Waals surface area contributed by atoms with E-state index in [1.54, 1.807) is 0 Å². The van der Waals surface area contributed by atoms with Gasteiger partial charge in [-0.15, -0.1) is 0 Å². The van der Waals surface area contributed by atoms with Crippen LogP contribution in [-0.2, 0) is 4.74 Å². The molecule has 0 spiro atoms. The van der Waals surface area contributed by atoms with Gasteiger partial charge in [0.2, 0.25) is 0 Å². The number of hydrogen-bond donors (Lipinski definition) is 1. The number of likely N-dealkylation sites (tertiary alicyclic amines) is 1. The first-order chi connectivity index (χ1) is 11.4. The summed E-state index contributed by atoms with van der Waals surface area (Å²) >= 11 is 0. The highest BCUT2D eigenvalue weighted by Crippen LogP contribution is 2.22. The van der Waals surface area contributed by atoms with Crippen LogP contribution in [0.2, 0.25) is 0 Å². The molecule has 1 fully saturated rings. The monoisotopic (exact) mass is 326 g/mol. The third-order valence-corrected chi connectivity index (χ3v) is 4.19. The third-order valence-electron chi connectivity index (χ3n) is 4.19. The van der Waals surface area contributed by atoms with E-state index in [9.17, 15) is 4.79 Å². The molecule has 0 saturated carbocycles. The van der Waals surface area contributed by atoms with Gasteiger partial charge in [0.15, 0.2) is 0 Å². The highest BCUT2D eigenvalue weighted by Gasteiger charge is 2.27. The lowest BCUT2D eigenvalue weighted by Crippen LogP contribution is -2.46. The summed E-state index contributed by atoms with van der Waals surface area (Å²) in [4.78, 5) is 14.1. The molecule has 1 aliphatic heterocycles. The first-order valence-electron chi connectivity index (χ1n) is 8.64. The van der Waals surface area contributed by atoms with E-state index in [2.05, 4.69) is 47.8 Å². The zero-order valence-corrected chi connectivity index (χ0v) is 14.7. The van der Waals surface area contributed by atoms with Gasteiger partial charge in [-0.25, -0.2) is 4.79 Å². The summed E-state index contributed by atoms with van der Waals surface area (Å²) in [6.45, 7) is 7.16. The Morgan fingerprint density at radius 2 is 1.92 bits per heavy atom. The van der Waals surface area contributed by atoms with Crippen LogP contribution in [0.15, 0.2) is 42.5 Å². The van der Waals surface area contributed by atoms with Crippen LogP contribution < -0.4 is 5.32 Å². The van der Waals surface area contributed by atoms with Gasteiger partial charge >= 0.3 is 6.09 Å². The van der Waals surface area contributed by atoms with E-state index in [0.717, 1.165) is 25.1 Å². The van der Waals surface area contributed by atoms with Crippen LogP contribution in [0.25, 0.3) is 10.8 Å². The Morgan fingerprint density at radius 3 is 2.67 bits per heavy atom. The van der Waals surface area contributed by atoms with Gasteiger partial charge in [0.05, 0.1) is 0 Å². The van der Waals surface area contributed by atoms with Gasteiger partial charge in [-0.05, 0) is 56.5 Å². The van der Waals surface area contributed by atoms with E-state index in [-0.39, 0.29) is 12.1 Å². The highest BCUT2D eigenvalue weighted by atomic mass is 16.6. The van der Waals surface area contributed by atoms with E-state index >= 15 is 0 Å². The van der Waals surface area contributed by atoms with Gasteiger partial charge in [-0.2, -0.15) is 0 Å². The molecule has 1 heterocycles. The maximum Gasteiger partial charge on any atom is 0.410 e. The number of piperidine rings is 1. The van der Waals surface area contributed by atoms with Crippen molar-refractivity contribution >= 4 is 22.6 Å². The lowest BCUT2D eigenvalue weighted by molar-refractivity contribution is 0.0206. The first kappa shape index (κ1) is 16.6. The van der Waals surface area contributed by atoms with Gasteiger partial charge in [0.1, 0.15) is 5.60 Å². The molecule has 1 aliphatic rings. The summed E-state index contributed by atoms with van der Waals surface area (Å²) in [6, 6.07) is 15.0. The lowest BCUT2D eigenvalue weighted by atomic mass is 10.0. The lowest BCUT2D eigenvalue weighted by Gasteiger charge is -2.34. The molecule has 0 aliphatic carbocycles. The molecule has 1 N–H and O–H groups in total. The largest absolute Gasteiger partial charge is 0.444 e. The highest BCUT2D eigenvalue weighted by molar-refractivity contribution is 5.85. The van der Waals surface area contributed by atoms with Crippen molar-refractivity contribution < 1.29 is 9.53 Å². The van der Waals surface area contributed by atoms with Crippen molar-refractivity contribution in [2.75, 3.05) is 18.4 Å². The molecule has 0 aromatic heterocycles. The third kappa shape index (κ3) is 4.19. The van der Waals surface area contributed by atoms with Crippen molar-refractivity contribution in [1.82, 2.24) is 4.90 Å². The second-order valence-electron chi connectivity index (χ2n) is 7.47. The standard InChI is InChI=1S/C20H26N2O2/c1-20(2,3)24-19(23)22-12-6-9-18(14-22)21-17-11-10-15-7-4-5-8-16(15)13-17/h4-5,7-8,10-11,13,18,21H,6,9,12,14H2,1-3H3. The van der Waals surface area contributed by atoms with E-state index < -0.39 is 5.60 Å². The number of rotatable bonds is 2. The van der Waals surface area contributed by atoms with Crippen molar-refractivity contribution in [2.45, 2.75) is 45.3 Å². The van der Waals surface area contributed by atoms with Crippen LogP contribution in [0.3, 0.4) is 0 Å². The fourth-order valence-corrected chi connectivity index (χ4v) is 3.10. The van der Waals surface area contributed by atoms with Gasteiger partial charge in [-0.1, -0.05) is 30.3 Å². The van der Waals surface area contributed by atoms with Crippen molar-refractivity contribution in [3.05, 3.63) is 42.5 Å². The number of nitrogens with zero attached hydrogens (tertiary/aromatic N) is 1. The summed E-state index contributed by atoms with van der Waals surface area (Å²) in [5.74, 6) is 0. The molecule has 2 aromatic rings. The Balaban J connectivity index is 1.65. The van der Waals surface area contributed by atoms with Crippen LogP contribution in [0.5, 0.6) is 0 Å². The predicted octanol–water partition coefficient (Wildman–Crippen LogP) is 4.65. The SMILES string of the molecule is CC(C)(C)OC(=O)N1CCCC(Nc2ccc3ccccc3c2)C1. The first-order valence-corrected chi connectivity index (χ1v) is 8.64. The number of benzene rings is 2. The van der Waals surface area contributed by atoms with Crippen molar-refractivity contribution in [3.63, 3.8) is 0 Å². The number of carbonyl (C=O) groups excluding carboxylic acids is 1. The molecular formula is C20H26N2O2. The zero-order chi connectivity index (χ0) is 17.2. The van der Waals surface area contributed by atoms with Crippen molar-refractivity contribution in [2.24, 2.45) is 0 Å². The minimum absolute atomic E-state index is 0.215. The minimum atomic E-state index is -0.449. The molecule has 3 rings (SSSR count). The Morgan fingerprint density at radius 1 is 1.17 bits per heavy atom. The smallest absolute Gasteiger partial charge is 0.410 e. The maximum atomic E-state index is 12.3. The number of nitrogens with one attached hydrogen (secondary N) is 1. The molecule has 2 aromatic carbocycles. The van der Waals surface area contributed by atoms with Crippen LogP contribution in [0, 0.1) is 0 Å². The molecule has 0 bridgehead atoms. The fourth-order valence-electron chi connectivity index (χ4n) is 3.10. The molecule has 4 heteroatoms. The quantitative estimate of drug-likeness (QED) is 0.873. The Hall–Kier alpha value is -2.23. The van der Waals surface area contributed by atoms with E-state index in [0.29, 0.717) is 6.54 Å². The number of anilines is 1. The maximum absolute atomic E-state index is 12.3. The molecule has 1 atom stereocenters.